The van der Waals surface area contributed by atoms with E-state index in [1.54, 1.807) is 17.4 Å². The Kier molecular flexibility index (Phi) is 7.74. The number of ether oxygens (including phenoxy) is 2. The lowest BCUT2D eigenvalue weighted by Gasteiger charge is -2.22. The summed E-state index contributed by atoms with van der Waals surface area (Å²) in [6, 6.07) is 7.65. The summed E-state index contributed by atoms with van der Waals surface area (Å²) in [6.07, 6.45) is 1.66. The molecule has 0 radical (unpaired) electrons. The highest BCUT2D eigenvalue weighted by molar-refractivity contribution is 7.09. The predicted molar refractivity (Wildman–Crippen MR) is 101 cm³/mol. The molecule has 0 atom stereocenters. The van der Waals surface area contributed by atoms with Gasteiger partial charge in [0.15, 0.2) is 5.69 Å². The quantitative estimate of drug-likeness (QED) is 0.497. The number of rotatable bonds is 9. The van der Waals surface area contributed by atoms with E-state index in [2.05, 4.69) is 16.6 Å². The second kappa shape index (κ2) is 10.0. The number of methoxy groups -OCH3 is 2. The van der Waals surface area contributed by atoms with Crippen LogP contribution in [-0.2, 0) is 22.4 Å². The molecule has 2 rings (SSSR count). The molecule has 0 saturated carbocycles. The zero-order valence-corrected chi connectivity index (χ0v) is 16.2. The molecule has 0 saturated heterocycles. The number of carbonyl (C=O) groups excluding carboxylic acids is 2. The van der Waals surface area contributed by atoms with E-state index in [-0.39, 0.29) is 11.6 Å². The number of thiazole rings is 1. The van der Waals surface area contributed by atoms with Gasteiger partial charge in [0.1, 0.15) is 5.01 Å². The lowest BCUT2D eigenvalue weighted by Crippen LogP contribution is -2.32. The Bertz CT molecular complexity index is 727. The van der Waals surface area contributed by atoms with Gasteiger partial charge >= 0.3 is 5.97 Å². The third-order valence-corrected chi connectivity index (χ3v) is 4.78. The summed E-state index contributed by atoms with van der Waals surface area (Å²) in [5, 5.41) is 2.34. The molecule has 140 valence electrons. The number of hydrogen-bond acceptors (Lipinski definition) is 6. The van der Waals surface area contributed by atoms with Crippen LogP contribution in [0.1, 0.15) is 44.8 Å². The number of benzene rings is 1. The minimum Gasteiger partial charge on any atom is -0.464 e. The van der Waals surface area contributed by atoms with Crippen LogP contribution in [0.15, 0.2) is 29.6 Å². The van der Waals surface area contributed by atoms with Crippen LogP contribution in [0.2, 0.25) is 0 Å². The standard InChI is InChI=1S/C19H24N2O4S/c1-4-14-6-8-15(9-7-14)18(22)21(10-5-11-24-2)12-17-20-16(13-26-17)19(23)25-3/h6-9,13H,4-5,10-12H2,1-3H3. The topological polar surface area (TPSA) is 68.7 Å². The Labute approximate surface area is 157 Å². The van der Waals surface area contributed by atoms with Crippen LogP contribution < -0.4 is 0 Å². The van der Waals surface area contributed by atoms with Gasteiger partial charge in [-0.3, -0.25) is 4.79 Å². The van der Waals surface area contributed by atoms with Gasteiger partial charge < -0.3 is 14.4 Å². The van der Waals surface area contributed by atoms with Crippen LogP contribution in [0.3, 0.4) is 0 Å². The van der Waals surface area contributed by atoms with E-state index in [0.717, 1.165) is 12.8 Å². The van der Waals surface area contributed by atoms with Crippen molar-refractivity contribution < 1.29 is 19.1 Å². The summed E-state index contributed by atoms with van der Waals surface area (Å²) in [5.41, 5.74) is 2.10. The number of amides is 1. The van der Waals surface area contributed by atoms with Gasteiger partial charge in [-0.25, -0.2) is 9.78 Å². The third-order valence-electron chi connectivity index (χ3n) is 3.95. The molecule has 0 N–H and O–H groups in total. The Balaban J connectivity index is 2.14. The first-order valence-electron chi connectivity index (χ1n) is 8.48. The fourth-order valence-electron chi connectivity index (χ4n) is 2.46. The summed E-state index contributed by atoms with van der Waals surface area (Å²) < 4.78 is 9.78. The molecule has 0 unspecified atom stereocenters. The van der Waals surface area contributed by atoms with Crippen molar-refractivity contribution in [3.8, 4) is 0 Å². The van der Waals surface area contributed by atoms with Crippen LogP contribution >= 0.6 is 11.3 Å². The number of carbonyl (C=O) groups is 2. The first-order chi connectivity index (χ1) is 12.6. The zero-order chi connectivity index (χ0) is 18.9. The monoisotopic (exact) mass is 376 g/mol. The second-order valence-corrected chi connectivity index (χ2v) is 6.68. The molecule has 7 heteroatoms. The zero-order valence-electron chi connectivity index (χ0n) is 15.4. The molecule has 0 bridgehead atoms. The van der Waals surface area contributed by atoms with Crippen LogP contribution in [0.25, 0.3) is 0 Å². The van der Waals surface area contributed by atoms with Crippen molar-refractivity contribution in [2.24, 2.45) is 0 Å². The van der Waals surface area contributed by atoms with Crippen molar-refractivity contribution in [2.45, 2.75) is 26.3 Å². The highest BCUT2D eigenvalue weighted by atomic mass is 32.1. The van der Waals surface area contributed by atoms with Gasteiger partial charge in [-0.05, 0) is 30.5 Å². The average molecular weight is 376 g/mol. The van der Waals surface area contributed by atoms with Crippen LogP contribution in [0, 0.1) is 0 Å². The molecular formula is C19H24N2O4S. The Hall–Kier alpha value is -2.25. The molecule has 0 fully saturated rings. The highest BCUT2D eigenvalue weighted by Gasteiger charge is 2.19. The predicted octanol–water partition coefficient (Wildman–Crippen LogP) is 3.17. The van der Waals surface area contributed by atoms with Gasteiger partial charge in [-0.15, -0.1) is 11.3 Å². The molecule has 2 aromatic rings. The molecule has 0 aliphatic rings. The fraction of sp³-hybridized carbons (Fsp3) is 0.421. The minimum atomic E-state index is -0.472. The number of esters is 1. The van der Waals surface area contributed by atoms with E-state index in [9.17, 15) is 9.59 Å². The van der Waals surface area contributed by atoms with Crippen LogP contribution in [0.5, 0.6) is 0 Å². The minimum absolute atomic E-state index is 0.0569. The van der Waals surface area contributed by atoms with Gasteiger partial charge in [0.2, 0.25) is 0 Å². The summed E-state index contributed by atoms with van der Waals surface area (Å²) in [7, 11) is 2.96. The van der Waals surface area contributed by atoms with Crippen molar-refractivity contribution in [3.05, 3.63) is 51.5 Å². The first kappa shape index (κ1) is 20.1. The van der Waals surface area contributed by atoms with Crippen molar-refractivity contribution >= 4 is 23.2 Å². The molecule has 0 aliphatic heterocycles. The molecule has 26 heavy (non-hydrogen) atoms. The summed E-state index contributed by atoms with van der Waals surface area (Å²) >= 11 is 1.34. The highest BCUT2D eigenvalue weighted by Crippen LogP contribution is 2.16. The van der Waals surface area contributed by atoms with Gasteiger partial charge in [0.25, 0.3) is 5.91 Å². The van der Waals surface area contributed by atoms with Gasteiger partial charge in [0.05, 0.1) is 13.7 Å². The van der Waals surface area contributed by atoms with Gasteiger partial charge in [-0.2, -0.15) is 0 Å². The van der Waals surface area contributed by atoms with Gasteiger partial charge in [0, 0.05) is 31.2 Å². The number of nitrogens with zero attached hydrogens (tertiary/aromatic N) is 2. The van der Waals surface area contributed by atoms with E-state index in [0.29, 0.717) is 30.3 Å². The smallest absolute Gasteiger partial charge is 0.357 e. The van der Waals surface area contributed by atoms with Crippen molar-refractivity contribution in [1.82, 2.24) is 9.88 Å². The summed E-state index contributed by atoms with van der Waals surface area (Å²) in [6.45, 7) is 3.55. The largest absolute Gasteiger partial charge is 0.464 e. The molecule has 1 aromatic heterocycles. The van der Waals surface area contributed by atoms with Crippen molar-refractivity contribution in [2.75, 3.05) is 27.4 Å². The van der Waals surface area contributed by atoms with Crippen molar-refractivity contribution in [3.63, 3.8) is 0 Å². The Morgan fingerprint density at radius 1 is 1.19 bits per heavy atom. The van der Waals surface area contributed by atoms with Crippen LogP contribution in [-0.4, -0.2) is 49.1 Å². The summed E-state index contributed by atoms with van der Waals surface area (Å²) in [4.78, 5) is 30.5. The van der Waals surface area contributed by atoms with Crippen LogP contribution in [0.4, 0.5) is 0 Å². The third kappa shape index (κ3) is 5.37. The number of hydrogen-bond donors (Lipinski definition) is 0. The Morgan fingerprint density at radius 2 is 1.92 bits per heavy atom. The normalized spacial score (nSPS) is 10.6. The average Bonchev–Trinajstić information content (AvgIpc) is 3.15. The maximum absolute atomic E-state index is 12.9. The second-order valence-electron chi connectivity index (χ2n) is 5.74. The molecule has 1 amide bonds. The van der Waals surface area contributed by atoms with E-state index in [4.69, 9.17) is 4.74 Å². The number of aromatic nitrogens is 1. The van der Waals surface area contributed by atoms with Crippen molar-refractivity contribution in [1.29, 1.82) is 0 Å². The first-order valence-corrected chi connectivity index (χ1v) is 9.36. The lowest BCUT2D eigenvalue weighted by molar-refractivity contribution is 0.0594. The molecular weight excluding hydrogens is 352 g/mol. The molecule has 6 nitrogen and oxygen atoms in total. The summed E-state index contributed by atoms with van der Waals surface area (Å²) in [5.74, 6) is -0.529. The molecule has 1 aromatic carbocycles. The van der Waals surface area contributed by atoms with E-state index in [1.165, 1.54) is 24.0 Å². The maximum atomic E-state index is 12.9. The molecule has 0 aliphatic carbocycles. The maximum Gasteiger partial charge on any atom is 0.357 e. The van der Waals surface area contributed by atoms with E-state index in [1.807, 2.05) is 24.3 Å². The van der Waals surface area contributed by atoms with E-state index >= 15 is 0 Å². The van der Waals surface area contributed by atoms with E-state index < -0.39 is 5.97 Å². The fourth-order valence-corrected chi connectivity index (χ4v) is 3.24. The SMILES string of the molecule is CCc1ccc(C(=O)N(CCCOC)Cc2nc(C(=O)OC)cs2)cc1. The number of aryl methyl sites for hydroxylation is 1. The molecule has 1 heterocycles. The molecule has 0 spiro atoms. The Morgan fingerprint density at radius 3 is 2.54 bits per heavy atom. The lowest BCUT2D eigenvalue weighted by atomic mass is 10.1. The van der Waals surface area contributed by atoms with Gasteiger partial charge in [-0.1, -0.05) is 19.1 Å².